The number of rotatable bonds is 6. The number of thiophene rings is 1. The Kier molecular flexibility index (Phi) is 6.42. The van der Waals surface area contributed by atoms with Gasteiger partial charge in [-0.05, 0) is 55.0 Å². The van der Waals surface area contributed by atoms with Gasteiger partial charge in [0.25, 0.3) is 10.0 Å². The van der Waals surface area contributed by atoms with Crippen molar-refractivity contribution in [1.82, 2.24) is 9.29 Å². The van der Waals surface area contributed by atoms with Crippen LogP contribution in [0.4, 0.5) is 5.13 Å². The van der Waals surface area contributed by atoms with Crippen molar-refractivity contribution in [2.24, 2.45) is 0 Å². The molecule has 164 valence electrons. The van der Waals surface area contributed by atoms with Crippen molar-refractivity contribution in [1.29, 1.82) is 0 Å². The Bertz CT molecular complexity index is 1170. The molecule has 3 heterocycles. The Balaban J connectivity index is 1.52. The molecule has 0 radical (unpaired) electrons. The minimum atomic E-state index is -3.69. The normalized spacial score (nSPS) is 17.4. The third-order valence-electron chi connectivity index (χ3n) is 5.24. The minimum Gasteiger partial charge on any atom is -0.496 e. The van der Waals surface area contributed by atoms with Crippen molar-refractivity contribution < 1.29 is 17.9 Å². The minimum absolute atomic E-state index is 0.263. The van der Waals surface area contributed by atoms with E-state index in [9.17, 15) is 13.2 Å². The fraction of sp³-hybridized carbons (Fsp3) is 0.333. The average molecular weight is 478 g/mol. The highest BCUT2D eigenvalue weighted by molar-refractivity contribution is 7.91. The van der Waals surface area contributed by atoms with E-state index in [-0.39, 0.29) is 10.1 Å². The molecule has 1 aliphatic rings. The van der Waals surface area contributed by atoms with Crippen LogP contribution in [-0.2, 0) is 14.8 Å². The zero-order chi connectivity index (χ0) is 22.0. The quantitative estimate of drug-likeness (QED) is 0.570. The molecule has 1 aromatic carbocycles. The molecule has 10 heteroatoms. The van der Waals surface area contributed by atoms with Gasteiger partial charge in [-0.2, -0.15) is 4.31 Å². The van der Waals surface area contributed by atoms with Crippen LogP contribution < -0.4 is 10.1 Å². The van der Waals surface area contributed by atoms with Gasteiger partial charge in [0.1, 0.15) is 16.0 Å². The van der Waals surface area contributed by atoms with Gasteiger partial charge in [0.05, 0.1) is 12.8 Å². The third kappa shape index (κ3) is 4.52. The highest BCUT2D eigenvalue weighted by atomic mass is 32.2. The van der Waals surface area contributed by atoms with Gasteiger partial charge in [-0.15, -0.1) is 22.7 Å². The Morgan fingerprint density at radius 1 is 1.26 bits per heavy atom. The number of benzene rings is 1. The molecule has 1 fully saturated rings. The number of anilines is 1. The maximum Gasteiger partial charge on any atom is 0.253 e. The summed E-state index contributed by atoms with van der Waals surface area (Å²) in [6, 6.07) is 8.33. The summed E-state index contributed by atoms with van der Waals surface area (Å²) >= 11 is 2.48. The molecule has 1 amide bonds. The van der Waals surface area contributed by atoms with Gasteiger partial charge in [-0.3, -0.25) is 4.79 Å². The zero-order valence-corrected chi connectivity index (χ0v) is 19.6. The maximum atomic E-state index is 13.0. The molecule has 0 spiro atoms. The SMILES string of the molecule is COc1ccc(-c2csc(NC(=O)C3CCCCN3S(=O)(=O)c3cccs3)n2)cc1C. The number of methoxy groups -OCH3 is 1. The number of sulfonamides is 1. The number of hydrogen-bond acceptors (Lipinski definition) is 7. The second-order valence-corrected chi connectivity index (χ2v) is 11.2. The number of thiazole rings is 1. The Morgan fingerprint density at radius 2 is 2.10 bits per heavy atom. The third-order valence-corrected chi connectivity index (χ3v) is 9.28. The summed E-state index contributed by atoms with van der Waals surface area (Å²) in [5.41, 5.74) is 2.67. The molecule has 0 bridgehead atoms. The van der Waals surface area contributed by atoms with E-state index < -0.39 is 16.1 Å². The van der Waals surface area contributed by atoms with Crippen LogP contribution in [0.5, 0.6) is 5.75 Å². The van der Waals surface area contributed by atoms with Gasteiger partial charge in [0.2, 0.25) is 5.91 Å². The molecule has 7 nitrogen and oxygen atoms in total. The van der Waals surface area contributed by atoms with Crippen molar-refractivity contribution in [2.45, 2.75) is 36.4 Å². The summed E-state index contributed by atoms with van der Waals surface area (Å²) in [5, 5.41) is 6.88. The lowest BCUT2D eigenvalue weighted by molar-refractivity contribution is -0.120. The van der Waals surface area contributed by atoms with Crippen molar-refractivity contribution in [3.8, 4) is 17.0 Å². The Hall–Kier alpha value is -2.27. The van der Waals surface area contributed by atoms with Crippen molar-refractivity contribution in [2.75, 3.05) is 19.0 Å². The second kappa shape index (κ2) is 9.07. The van der Waals surface area contributed by atoms with Crippen LogP contribution in [0.1, 0.15) is 24.8 Å². The summed E-state index contributed by atoms with van der Waals surface area (Å²) in [4.78, 5) is 17.5. The predicted octanol–water partition coefficient (Wildman–Crippen LogP) is 4.37. The highest BCUT2D eigenvalue weighted by Gasteiger charge is 2.38. The first kappa shape index (κ1) is 21.9. The van der Waals surface area contributed by atoms with E-state index in [1.54, 1.807) is 24.6 Å². The predicted molar refractivity (Wildman–Crippen MR) is 123 cm³/mol. The number of carbonyl (C=O) groups excluding carboxylic acids is 1. The van der Waals surface area contributed by atoms with E-state index in [4.69, 9.17) is 4.74 Å². The fourth-order valence-corrected chi connectivity index (χ4v) is 7.17. The average Bonchev–Trinajstić information content (AvgIpc) is 3.46. The number of aromatic nitrogens is 1. The summed E-state index contributed by atoms with van der Waals surface area (Å²) in [6.07, 6.45) is 2.04. The molecule has 1 aliphatic heterocycles. The molecule has 2 aromatic heterocycles. The summed E-state index contributed by atoms with van der Waals surface area (Å²) < 4.78 is 32.9. The van der Waals surface area contributed by atoms with Gasteiger partial charge in [0.15, 0.2) is 5.13 Å². The first-order chi connectivity index (χ1) is 14.9. The number of nitrogens with zero attached hydrogens (tertiary/aromatic N) is 2. The largest absolute Gasteiger partial charge is 0.496 e. The van der Waals surface area contributed by atoms with E-state index in [0.717, 1.165) is 35.4 Å². The van der Waals surface area contributed by atoms with Gasteiger partial charge in [-0.25, -0.2) is 13.4 Å². The van der Waals surface area contributed by atoms with E-state index >= 15 is 0 Å². The number of amides is 1. The van der Waals surface area contributed by atoms with E-state index in [1.165, 1.54) is 27.0 Å². The molecule has 1 N–H and O–H groups in total. The summed E-state index contributed by atoms with van der Waals surface area (Å²) in [5.74, 6) is 0.462. The van der Waals surface area contributed by atoms with Crippen LogP contribution in [0.25, 0.3) is 11.3 Å². The molecule has 0 aliphatic carbocycles. The van der Waals surface area contributed by atoms with Crippen molar-refractivity contribution >= 4 is 43.7 Å². The molecule has 31 heavy (non-hydrogen) atoms. The molecule has 3 aromatic rings. The molecular formula is C21H23N3O4S3. The van der Waals surface area contributed by atoms with Crippen LogP contribution in [0.2, 0.25) is 0 Å². The zero-order valence-electron chi connectivity index (χ0n) is 17.2. The number of hydrogen-bond donors (Lipinski definition) is 1. The standard InChI is InChI=1S/C21H23N3O4S3/c1-14-12-15(8-9-18(14)28-2)16-13-30-21(22-16)23-20(25)17-6-3-4-10-24(17)31(26,27)19-7-5-11-29-19/h5,7-9,11-13,17H,3-4,6,10H2,1-2H3,(H,22,23,25). The Labute approximate surface area is 189 Å². The van der Waals surface area contributed by atoms with Gasteiger partial charge in [-0.1, -0.05) is 12.5 Å². The van der Waals surface area contributed by atoms with Gasteiger partial charge in [0, 0.05) is 17.5 Å². The number of nitrogens with one attached hydrogen (secondary N) is 1. The Morgan fingerprint density at radius 3 is 2.81 bits per heavy atom. The molecule has 4 rings (SSSR count). The number of ether oxygens (including phenoxy) is 1. The molecule has 1 unspecified atom stereocenters. The van der Waals surface area contributed by atoms with E-state index in [2.05, 4.69) is 10.3 Å². The maximum absolute atomic E-state index is 13.0. The van der Waals surface area contributed by atoms with Gasteiger partial charge >= 0.3 is 0 Å². The van der Waals surface area contributed by atoms with Gasteiger partial charge < -0.3 is 10.1 Å². The van der Waals surface area contributed by atoms with E-state index in [0.29, 0.717) is 18.1 Å². The van der Waals surface area contributed by atoms with E-state index in [1.807, 2.05) is 30.5 Å². The van der Waals surface area contributed by atoms with Crippen molar-refractivity contribution in [3.05, 3.63) is 46.7 Å². The smallest absolute Gasteiger partial charge is 0.253 e. The lowest BCUT2D eigenvalue weighted by atomic mass is 10.0. The summed E-state index contributed by atoms with van der Waals surface area (Å²) in [6.45, 7) is 2.30. The van der Waals surface area contributed by atoms with Crippen LogP contribution in [0, 0.1) is 6.92 Å². The molecule has 0 saturated carbocycles. The highest BCUT2D eigenvalue weighted by Crippen LogP contribution is 2.31. The summed E-state index contributed by atoms with van der Waals surface area (Å²) in [7, 11) is -2.06. The second-order valence-electron chi connectivity index (χ2n) is 7.27. The number of piperidine rings is 1. The lowest BCUT2D eigenvalue weighted by Gasteiger charge is -2.32. The van der Waals surface area contributed by atoms with Crippen LogP contribution >= 0.6 is 22.7 Å². The molecular weight excluding hydrogens is 454 g/mol. The monoisotopic (exact) mass is 477 g/mol. The van der Waals surface area contributed by atoms with Crippen LogP contribution in [0.3, 0.4) is 0 Å². The van der Waals surface area contributed by atoms with Crippen LogP contribution in [-0.4, -0.2) is 43.3 Å². The molecule has 1 atom stereocenters. The first-order valence-electron chi connectivity index (χ1n) is 9.87. The topological polar surface area (TPSA) is 88.6 Å². The first-order valence-corrected chi connectivity index (χ1v) is 13.1. The van der Waals surface area contributed by atoms with Crippen LogP contribution in [0.15, 0.2) is 45.3 Å². The molecule has 1 saturated heterocycles. The van der Waals surface area contributed by atoms with Crippen molar-refractivity contribution in [3.63, 3.8) is 0 Å². The number of aryl methyl sites for hydroxylation is 1. The lowest BCUT2D eigenvalue weighted by Crippen LogP contribution is -2.49. The number of carbonyl (C=O) groups is 1. The fourth-order valence-electron chi connectivity index (χ4n) is 3.67.